The van der Waals surface area contributed by atoms with E-state index in [1.54, 1.807) is 13.2 Å². The number of nitrogens with one attached hydrogen (secondary N) is 2. The van der Waals surface area contributed by atoms with E-state index in [9.17, 15) is 9.18 Å². The fraction of sp³-hybridized carbons (Fsp3) is 0.308. The third-order valence-corrected chi connectivity index (χ3v) is 3.36. The fourth-order valence-electron chi connectivity index (χ4n) is 1.61. The zero-order chi connectivity index (χ0) is 15.1. The average molecular weight is 310 g/mol. The molecular formula is C13H15FN4O2S. The smallest absolute Gasteiger partial charge is 0.321 e. The van der Waals surface area contributed by atoms with Crippen molar-refractivity contribution in [2.45, 2.75) is 6.42 Å². The molecule has 1 heterocycles. The minimum Gasteiger partial charge on any atom is -0.383 e. The number of anilines is 1. The number of nitrogens with zero attached hydrogens (tertiary/aromatic N) is 2. The average Bonchev–Trinajstić information content (AvgIpc) is 2.86. The van der Waals surface area contributed by atoms with E-state index in [0.717, 1.165) is 5.56 Å². The number of rotatable bonds is 6. The normalized spacial score (nSPS) is 10.4. The van der Waals surface area contributed by atoms with E-state index in [-0.39, 0.29) is 11.8 Å². The number of hydrogen-bond donors (Lipinski definition) is 2. The van der Waals surface area contributed by atoms with Crippen LogP contribution in [0.25, 0.3) is 0 Å². The summed E-state index contributed by atoms with van der Waals surface area (Å²) < 4.78 is 17.9. The second kappa shape index (κ2) is 7.65. The Bertz CT molecular complexity index is 605. The van der Waals surface area contributed by atoms with Gasteiger partial charge in [0.05, 0.1) is 6.61 Å². The maximum absolute atomic E-state index is 13.1. The molecule has 2 aromatic rings. The van der Waals surface area contributed by atoms with Crippen molar-refractivity contribution in [2.75, 3.05) is 25.6 Å². The number of hydrogen-bond acceptors (Lipinski definition) is 5. The molecular weight excluding hydrogens is 295 g/mol. The second-order valence-corrected chi connectivity index (χ2v) is 5.24. The molecule has 2 amide bonds. The van der Waals surface area contributed by atoms with Gasteiger partial charge in [0, 0.05) is 20.1 Å². The highest BCUT2D eigenvalue weighted by molar-refractivity contribution is 7.15. The standard InChI is InChI=1S/C13H15FN4O2S/c1-20-6-5-15-12(19)16-13-18-17-11(21-13)8-9-3-2-4-10(14)7-9/h2-4,7H,5-6,8H2,1H3,(H2,15,16,18,19). The van der Waals surface area contributed by atoms with Gasteiger partial charge in [-0.1, -0.05) is 23.5 Å². The Kier molecular flexibility index (Phi) is 5.59. The van der Waals surface area contributed by atoms with Crippen LogP contribution in [0.2, 0.25) is 0 Å². The Balaban J connectivity index is 1.88. The van der Waals surface area contributed by atoms with Gasteiger partial charge in [0.2, 0.25) is 5.13 Å². The highest BCUT2D eigenvalue weighted by Crippen LogP contribution is 2.18. The maximum Gasteiger partial charge on any atom is 0.321 e. The summed E-state index contributed by atoms with van der Waals surface area (Å²) in [7, 11) is 1.56. The Morgan fingerprint density at radius 1 is 1.43 bits per heavy atom. The molecule has 21 heavy (non-hydrogen) atoms. The first-order valence-electron chi connectivity index (χ1n) is 6.28. The molecule has 0 radical (unpaired) electrons. The van der Waals surface area contributed by atoms with Crippen LogP contribution in [0.15, 0.2) is 24.3 Å². The third kappa shape index (κ3) is 5.09. The molecule has 112 valence electrons. The lowest BCUT2D eigenvalue weighted by Crippen LogP contribution is -2.31. The predicted octanol–water partition coefficient (Wildman–Crippen LogP) is 2.04. The van der Waals surface area contributed by atoms with Gasteiger partial charge < -0.3 is 10.1 Å². The van der Waals surface area contributed by atoms with E-state index in [1.807, 2.05) is 6.07 Å². The van der Waals surface area contributed by atoms with Gasteiger partial charge >= 0.3 is 6.03 Å². The first-order valence-corrected chi connectivity index (χ1v) is 7.09. The minimum absolute atomic E-state index is 0.284. The molecule has 2 rings (SSSR count). The number of methoxy groups -OCH3 is 1. The third-order valence-electron chi connectivity index (χ3n) is 2.52. The summed E-state index contributed by atoms with van der Waals surface area (Å²) >= 11 is 1.25. The monoisotopic (exact) mass is 310 g/mol. The summed E-state index contributed by atoms with van der Waals surface area (Å²) in [5, 5.41) is 14.1. The molecule has 0 fully saturated rings. The molecule has 0 bridgehead atoms. The van der Waals surface area contributed by atoms with Crippen LogP contribution in [0.5, 0.6) is 0 Å². The van der Waals surface area contributed by atoms with Gasteiger partial charge in [0.25, 0.3) is 0 Å². The summed E-state index contributed by atoms with van der Waals surface area (Å²) in [6, 6.07) is 5.94. The zero-order valence-electron chi connectivity index (χ0n) is 11.4. The predicted molar refractivity (Wildman–Crippen MR) is 78.0 cm³/mol. The van der Waals surface area contributed by atoms with E-state index in [4.69, 9.17) is 4.74 Å². The van der Waals surface area contributed by atoms with Crippen LogP contribution in [0.3, 0.4) is 0 Å². The molecule has 1 aromatic carbocycles. The zero-order valence-corrected chi connectivity index (χ0v) is 12.2. The van der Waals surface area contributed by atoms with Crippen LogP contribution in [-0.2, 0) is 11.2 Å². The molecule has 0 aliphatic heterocycles. The van der Waals surface area contributed by atoms with Crippen LogP contribution >= 0.6 is 11.3 Å². The highest BCUT2D eigenvalue weighted by Gasteiger charge is 2.08. The number of aromatic nitrogens is 2. The molecule has 0 atom stereocenters. The van der Waals surface area contributed by atoms with E-state index >= 15 is 0 Å². The molecule has 8 heteroatoms. The topological polar surface area (TPSA) is 76.1 Å². The molecule has 0 unspecified atom stereocenters. The van der Waals surface area contributed by atoms with E-state index in [0.29, 0.717) is 29.7 Å². The lowest BCUT2D eigenvalue weighted by Gasteiger charge is -2.03. The summed E-state index contributed by atoms with van der Waals surface area (Å²) in [6.45, 7) is 0.853. The summed E-state index contributed by atoms with van der Waals surface area (Å²) in [5.41, 5.74) is 0.808. The molecule has 0 spiro atoms. The Morgan fingerprint density at radius 2 is 2.29 bits per heavy atom. The van der Waals surface area contributed by atoms with Crippen LogP contribution < -0.4 is 10.6 Å². The van der Waals surface area contributed by atoms with Crippen molar-refractivity contribution in [2.24, 2.45) is 0 Å². The maximum atomic E-state index is 13.1. The fourth-order valence-corrected chi connectivity index (χ4v) is 2.37. The van der Waals surface area contributed by atoms with Crippen molar-refractivity contribution < 1.29 is 13.9 Å². The van der Waals surface area contributed by atoms with Gasteiger partial charge in [0.1, 0.15) is 10.8 Å². The first kappa shape index (κ1) is 15.3. The van der Waals surface area contributed by atoms with Crippen LogP contribution in [-0.4, -0.2) is 36.5 Å². The molecule has 0 saturated carbocycles. The number of halogens is 1. The van der Waals surface area contributed by atoms with Gasteiger partial charge in [0.15, 0.2) is 0 Å². The number of amides is 2. The van der Waals surface area contributed by atoms with Gasteiger partial charge in [-0.2, -0.15) is 0 Å². The number of carbonyl (C=O) groups is 1. The SMILES string of the molecule is COCCNC(=O)Nc1nnc(Cc2cccc(F)c2)s1. The molecule has 2 N–H and O–H groups in total. The molecule has 0 saturated heterocycles. The largest absolute Gasteiger partial charge is 0.383 e. The Hall–Kier alpha value is -2.06. The second-order valence-electron chi connectivity index (χ2n) is 4.18. The molecule has 0 aliphatic carbocycles. The van der Waals surface area contributed by atoms with Crippen LogP contribution in [0.4, 0.5) is 14.3 Å². The summed E-state index contributed by atoms with van der Waals surface area (Å²) in [6.07, 6.45) is 0.475. The lowest BCUT2D eigenvalue weighted by atomic mass is 10.1. The number of urea groups is 1. The van der Waals surface area contributed by atoms with Crippen molar-refractivity contribution in [3.63, 3.8) is 0 Å². The number of carbonyl (C=O) groups excluding carboxylic acids is 1. The summed E-state index contributed by atoms with van der Waals surface area (Å²) in [4.78, 5) is 11.5. The van der Waals surface area contributed by atoms with Crippen molar-refractivity contribution in [3.05, 3.63) is 40.7 Å². The Morgan fingerprint density at radius 3 is 3.05 bits per heavy atom. The van der Waals surface area contributed by atoms with Gasteiger partial charge in [-0.25, -0.2) is 9.18 Å². The molecule has 6 nitrogen and oxygen atoms in total. The Labute approximate surface area is 125 Å². The number of ether oxygens (including phenoxy) is 1. The quantitative estimate of drug-likeness (QED) is 0.801. The number of benzene rings is 1. The van der Waals surface area contributed by atoms with E-state index in [2.05, 4.69) is 20.8 Å². The molecule has 1 aromatic heterocycles. The van der Waals surface area contributed by atoms with Crippen molar-refractivity contribution >= 4 is 22.5 Å². The summed E-state index contributed by atoms with van der Waals surface area (Å²) in [5.74, 6) is -0.284. The van der Waals surface area contributed by atoms with Crippen molar-refractivity contribution in [1.29, 1.82) is 0 Å². The lowest BCUT2D eigenvalue weighted by molar-refractivity contribution is 0.198. The minimum atomic E-state index is -0.361. The van der Waals surface area contributed by atoms with Crippen LogP contribution in [0.1, 0.15) is 10.6 Å². The van der Waals surface area contributed by atoms with Crippen molar-refractivity contribution in [3.8, 4) is 0 Å². The van der Waals surface area contributed by atoms with Gasteiger partial charge in [-0.15, -0.1) is 10.2 Å². The molecule has 0 aliphatic rings. The van der Waals surface area contributed by atoms with Gasteiger partial charge in [-0.05, 0) is 17.7 Å². The van der Waals surface area contributed by atoms with Crippen LogP contribution in [0, 0.1) is 5.82 Å². The van der Waals surface area contributed by atoms with E-state index < -0.39 is 0 Å². The first-order chi connectivity index (χ1) is 10.2. The highest BCUT2D eigenvalue weighted by atomic mass is 32.1. The van der Waals surface area contributed by atoms with E-state index in [1.165, 1.54) is 23.5 Å². The van der Waals surface area contributed by atoms with Crippen molar-refractivity contribution in [1.82, 2.24) is 15.5 Å². The van der Waals surface area contributed by atoms with Gasteiger partial charge in [-0.3, -0.25) is 5.32 Å².